The number of rotatable bonds is 2. The van der Waals surface area contributed by atoms with Crippen LogP contribution in [-0.2, 0) is 6.42 Å². The van der Waals surface area contributed by atoms with E-state index in [4.69, 9.17) is 4.74 Å². The summed E-state index contributed by atoms with van der Waals surface area (Å²) in [6, 6.07) is 9.33. The zero-order chi connectivity index (χ0) is 14.2. The Morgan fingerprint density at radius 2 is 2.24 bits per heavy atom. The summed E-state index contributed by atoms with van der Waals surface area (Å²) in [6.45, 7) is 0.713. The lowest BCUT2D eigenvalue weighted by Crippen LogP contribution is -2.12. The minimum atomic E-state index is -0.127. The van der Waals surface area contributed by atoms with Crippen molar-refractivity contribution in [1.29, 1.82) is 0 Å². The number of ether oxygens (including phenoxy) is 1. The van der Waals surface area contributed by atoms with Crippen molar-refractivity contribution in [3.63, 3.8) is 0 Å². The Labute approximate surface area is 121 Å². The molecule has 0 saturated carbocycles. The van der Waals surface area contributed by atoms with Gasteiger partial charge >= 0.3 is 0 Å². The van der Waals surface area contributed by atoms with Gasteiger partial charge in [-0.1, -0.05) is 0 Å². The molecule has 104 valence electrons. The minimum Gasteiger partial charge on any atom is -0.493 e. The standard InChI is InChI=1S/C16H13N3O2/c20-16(12-3-5-19-10-17-9-14(19)8-12)18-13-1-2-15-11(7-13)4-6-21-15/h1-3,5,7-10H,4,6H2,(H,18,20). The molecule has 1 aromatic carbocycles. The first-order valence-electron chi connectivity index (χ1n) is 6.78. The third kappa shape index (κ3) is 2.12. The zero-order valence-electron chi connectivity index (χ0n) is 11.2. The number of hydrogen-bond acceptors (Lipinski definition) is 3. The number of carbonyl (C=O) groups is 1. The first-order chi connectivity index (χ1) is 10.3. The average Bonchev–Trinajstić information content (AvgIpc) is 3.14. The molecule has 4 rings (SSSR count). The molecule has 3 heterocycles. The zero-order valence-corrected chi connectivity index (χ0v) is 11.2. The Balaban J connectivity index is 1.60. The summed E-state index contributed by atoms with van der Waals surface area (Å²) in [5, 5.41) is 2.92. The maximum absolute atomic E-state index is 12.3. The lowest BCUT2D eigenvalue weighted by Gasteiger charge is -2.07. The number of carbonyl (C=O) groups excluding carboxylic acids is 1. The normalized spacial score (nSPS) is 13.0. The largest absolute Gasteiger partial charge is 0.493 e. The highest BCUT2D eigenvalue weighted by atomic mass is 16.5. The van der Waals surface area contributed by atoms with E-state index in [1.54, 1.807) is 18.6 Å². The van der Waals surface area contributed by atoms with E-state index < -0.39 is 0 Å². The van der Waals surface area contributed by atoms with Crippen molar-refractivity contribution >= 4 is 17.1 Å². The lowest BCUT2D eigenvalue weighted by atomic mass is 10.1. The number of aromatic nitrogens is 2. The molecule has 1 aliphatic heterocycles. The number of anilines is 1. The first-order valence-corrected chi connectivity index (χ1v) is 6.78. The van der Waals surface area contributed by atoms with Crippen LogP contribution in [0.5, 0.6) is 5.75 Å². The molecule has 0 atom stereocenters. The van der Waals surface area contributed by atoms with Crippen molar-refractivity contribution < 1.29 is 9.53 Å². The molecule has 0 bridgehead atoms. The van der Waals surface area contributed by atoms with Gasteiger partial charge in [-0.2, -0.15) is 0 Å². The van der Waals surface area contributed by atoms with Gasteiger partial charge in [0.15, 0.2) is 0 Å². The minimum absolute atomic E-state index is 0.127. The number of nitrogens with one attached hydrogen (secondary N) is 1. The molecule has 21 heavy (non-hydrogen) atoms. The molecular weight excluding hydrogens is 266 g/mol. The highest BCUT2D eigenvalue weighted by Crippen LogP contribution is 2.28. The van der Waals surface area contributed by atoms with Gasteiger partial charge in [0, 0.05) is 23.9 Å². The molecule has 5 nitrogen and oxygen atoms in total. The molecule has 2 aromatic heterocycles. The fraction of sp³-hybridized carbons (Fsp3) is 0.125. The maximum atomic E-state index is 12.3. The van der Waals surface area contributed by atoms with E-state index in [-0.39, 0.29) is 5.91 Å². The summed E-state index contributed by atoms with van der Waals surface area (Å²) in [5.41, 5.74) is 3.43. The third-order valence-corrected chi connectivity index (χ3v) is 3.62. The van der Waals surface area contributed by atoms with Crippen LogP contribution in [0.15, 0.2) is 49.1 Å². The van der Waals surface area contributed by atoms with Crippen LogP contribution in [0.2, 0.25) is 0 Å². The summed E-state index contributed by atoms with van der Waals surface area (Å²) in [4.78, 5) is 16.4. The molecule has 0 saturated heterocycles. The second-order valence-corrected chi connectivity index (χ2v) is 5.02. The molecule has 0 fully saturated rings. The second kappa shape index (κ2) is 4.63. The van der Waals surface area contributed by atoms with E-state index in [1.807, 2.05) is 34.9 Å². The average molecular weight is 279 g/mol. The van der Waals surface area contributed by atoms with Gasteiger partial charge in [-0.05, 0) is 35.9 Å². The number of benzene rings is 1. The highest BCUT2D eigenvalue weighted by molar-refractivity contribution is 6.04. The molecule has 0 spiro atoms. The van der Waals surface area contributed by atoms with Crippen molar-refractivity contribution in [2.75, 3.05) is 11.9 Å². The van der Waals surface area contributed by atoms with Crippen LogP contribution >= 0.6 is 0 Å². The number of amides is 1. The number of nitrogens with zero attached hydrogens (tertiary/aromatic N) is 2. The van der Waals surface area contributed by atoms with Gasteiger partial charge in [-0.25, -0.2) is 4.98 Å². The van der Waals surface area contributed by atoms with Crippen molar-refractivity contribution in [1.82, 2.24) is 9.38 Å². The Morgan fingerprint density at radius 1 is 1.29 bits per heavy atom. The van der Waals surface area contributed by atoms with Crippen LogP contribution in [0.25, 0.3) is 5.52 Å². The van der Waals surface area contributed by atoms with Gasteiger partial charge in [0.25, 0.3) is 5.91 Å². The summed E-state index contributed by atoms with van der Waals surface area (Å²) in [5.74, 6) is 0.784. The predicted octanol–water partition coefficient (Wildman–Crippen LogP) is 2.52. The second-order valence-electron chi connectivity index (χ2n) is 5.02. The van der Waals surface area contributed by atoms with Crippen molar-refractivity contribution in [2.45, 2.75) is 6.42 Å². The Bertz CT molecular complexity index is 838. The fourth-order valence-corrected chi connectivity index (χ4v) is 2.53. The molecule has 0 unspecified atom stereocenters. The van der Waals surface area contributed by atoms with Crippen LogP contribution in [0.3, 0.4) is 0 Å². The van der Waals surface area contributed by atoms with Gasteiger partial charge in [0.2, 0.25) is 0 Å². The van der Waals surface area contributed by atoms with E-state index in [0.29, 0.717) is 12.2 Å². The highest BCUT2D eigenvalue weighted by Gasteiger charge is 2.13. The summed E-state index contributed by atoms with van der Waals surface area (Å²) in [6.07, 6.45) is 6.15. The monoisotopic (exact) mass is 279 g/mol. The fourth-order valence-electron chi connectivity index (χ4n) is 2.53. The molecule has 1 N–H and O–H groups in total. The smallest absolute Gasteiger partial charge is 0.255 e. The Kier molecular flexibility index (Phi) is 2.64. The van der Waals surface area contributed by atoms with E-state index in [9.17, 15) is 4.79 Å². The lowest BCUT2D eigenvalue weighted by molar-refractivity contribution is 0.102. The molecule has 1 amide bonds. The SMILES string of the molecule is O=C(Nc1ccc2c(c1)CCO2)c1ccn2cncc2c1. The van der Waals surface area contributed by atoms with E-state index in [1.165, 1.54) is 0 Å². The molecule has 5 heteroatoms. The van der Waals surface area contributed by atoms with E-state index in [0.717, 1.165) is 28.9 Å². The quantitative estimate of drug-likeness (QED) is 0.784. The summed E-state index contributed by atoms with van der Waals surface area (Å²) < 4.78 is 7.32. The summed E-state index contributed by atoms with van der Waals surface area (Å²) >= 11 is 0. The Morgan fingerprint density at radius 3 is 3.19 bits per heavy atom. The van der Waals surface area contributed by atoms with Gasteiger partial charge in [-0.3, -0.25) is 4.79 Å². The third-order valence-electron chi connectivity index (χ3n) is 3.62. The van der Waals surface area contributed by atoms with Crippen LogP contribution in [0, 0.1) is 0 Å². The molecular formula is C16H13N3O2. The van der Waals surface area contributed by atoms with Crippen LogP contribution < -0.4 is 10.1 Å². The van der Waals surface area contributed by atoms with Crippen molar-refractivity contribution in [3.05, 3.63) is 60.2 Å². The van der Waals surface area contributed by atoms with Gasteiger partial charge in [-0.15, -0.1) is 0 Å². The van der Waals surface area contributed by atoms with Crippen LogP contribution in [0.4, 0.5) is 5.69 Å². The van der Waals surface area contributed by atoms with Gasteiger partial charge in [0.05, 0.1) is 24.6 Å². The predicted molar refractivity (Wildman–Crippen MR) is 78.8 cm³/mol. The number of hydrogen-bond donors (Lipinski definition) is 1. The van der Waals surface area contributed by atoms with Crippen LogP contribution in [0.1, 0.15) is 15.9 Å². The van der Waals surface area contributed by atoms with Gasteiger partial charge < -0.3 is 14.5 Å². The Hall–Kier alpha value is -2.82. The van der Waals surface area contributed by atoms with E-state index >= 15 is 0 Å². The number of pyridine rings is 1. The van der Waals surface area contributed by atoms with Gasteiger partial charge in [0.1, 0.15) is 5.75 Å². The van der Waals surface area contributed by atoms with E-state index in [2.05, 4.69) is 10.3 Å². The summed E-state index contributed by atoms with van der Waals surface area (Å²) in [7, 11) is 0. The molecule has 1 aliphatic rings. The molecule has 0 radical (unpaired) electrons. The first kappa shape index (κ1) is 12.0. The number of fused-ring (bicyclic) bond motifs is 2. The molecule has 3 aromatic rings. The van der Waals surface area contributed by atoms with Crippen LogP contribution in [-0.4, -0.2) is 21.9 Å². The maximum Gasteiger partial charge on any atom is 0.255 e. The van der Waals surface area contributed by atoms with Crippen molar-refractivity contribution in [3.8, 4) is 5.75 Å². The molecule has 0 aliphatic carbocycles. The van der Waals surface area contributed by atoms with Crippen molar-refractivity contribution in [2.24, 2.45) is 0 Å². The number of imidazole rings is 1. The topological polar surface area (TPSA) is 55.6 Å².